The Labute approximate surface area is 183 Å². The van der Waals surface area contributed by atoms with E-state index < -0.39 is 0 Å². The molecule has 7 heteroatoms. The zero-order chi connectivity index (χ0) is 21.8. The van der Waals surface area contributed by atoms with Crippen LogP contribution in [0.2, 0.25) is 0 Å². The van der Waals surface area contributed by atoms with Gasteiger partial charge in [-0.2, -0.15) is 12.6 Å². The number of aryl methyl sites for hydroxylation is 1. The minimum absolute atomic E-state index is 0.0473. The maximum atomic E-state index is 12.8. The molecule has 0 aliphatic heterocycles. The lowest BCUT2D eigenvalue weighted by atomic mass is 9.95. The summed E-state index contributed by atoms with van der Waals surface area (Å²) in [5.41, 5.74) is 3.73. The van der Waals surface area contributed by atoms with Crippen molar-refractivity contribution in [2.24, 2.45) is 0 Å². The Kier molecular flexibility index (Phi) is 7.15. The van der Waals surface area contributed by atoms with E-state index in [-0.39, 0.29) is 11.5 Å². The summed E-state index contributed by atoms with van der Waals surface area (Å²) in [5, 5.41) is 0. The van der Waals surface area contributed by atoms with Crippen molar-refractivity contribution in [1.29, 1.82) is 0 Å². The first kappa shape index (κ1) is 22.3. The van der Waals surface area contributed by atoms with E-state index in [0.717, 1.165) is 47.4 Å². The molecule has 0 heterocycles. The van der Waals surface area contributed by atoms with Gasteiger partial charge in [-0.05, 0) is 54.8 Å². The van der Waals surface area contributed by atoms with E-state index in [1.54, 1.807) is 33.5 Å². The van der Waals surface area contributed by atoms with E-state index in [2.05, 4.69) is 24.6 Å². The average Bonchev–Trinajstić information content (AvgIpc) is 3.00. The van der Waals surface area contributed by atoms with Crippen LogP contribution >= 0.6 is 12.6 Å². The first-order chi connectivity index (χ1) is 14.5. The molecule has 30 heavy (non-hydrogen) atoms. The van der Waals surface area contributed by atoms with Gasteiger partial charge in [-0.15, -0.1) is 0 Å². The van der Waals surface area contributed by atoms with Crippen molar-refractivity contribution in [3.05, 3.63) is 45.6 Å². The molecule has 0 radical (unpaired) electrons. The van der Waals surface area contributed by atoms with Crippen LogP contribution in [0.5, 0.6) is 23.0 Å². The number of fused-ring (bicyclic) bond motifs is 3. The number of hydrogen-bond donors (Lipinski definition) is 1. The van der Waals surface area contributed by atoms with Crippen LogP contribution in [0.25, 0.3) is 11.1 Å². The summed E-state index contributed by atoms with van der Waals surface area (Å²) in [5.74, 6) is 2.79. The van der Waals surface area contributed by atoms with Gasteiger partial charge < -0.3 is 18.9 Å². The van der Waals surface area contributed by atoms with E-state index in [1.165, 1.54) is 7.11 Å². The quantitative estimate of drug-likeness (QED) is 0.676. The highest BCUT2D eigenvalue weighted by atomic mass is 32.1. The number of benzene rings is 1. The molecule has 1 aliphatic carbocycles. The van der Waals surface area contributed by atoms with Gasteiger partial charge in [-0.3, -0.25) is 9.69 Å². The lowest BCUT2D eigenvalue weighted by molar-refractivity contribution is 0.249. The molecule has 0 N–H and O–H groups in total. The van der Waals surface area contributed by atoms with Gasteiger partial charge in [0.25, 0.3) is 0 Å². The summed E-state index contributed by atoms with van der Waals surface area (Å²) in [6.45, 7) is 0.803. The number of ether oxygens (including phenoxy) is 4. The lowest BCUT2D eigenvalue weighted by Gasteiger charge is -2.27. The molecule has 0 spiro atoms. The van der Waals surface area contributed by atoms with Crippen LogP contribution in [0.15, 0.2) is 29.1 Å². The van der Waals surface area contributed by atoms with Crippen LogP contribution < -0.4 is 24.4 Å². The highest BCUT2D eigenvalue weighted by molar-refractivity contribution is 7.80. The van der Waals surface area contributed by atoms with Crippen LogP contribution in [-0.2, 0) is 6.42 Å². The summed E-state index contributed by atoms with van der Waals surface area (Å²) in [6.07, 6.45) is 1.64. The number of rotatable bonds is 7. The average molecular weight is 432 g/mol. The maximum absolute atomic E-state index is 12.8. The summed E-state index contributed by atoms with van der Waals surface area (Å²) in [7, 11) is 8.40. The van der Waals surface area contributed by atoms with E-state index in [1.807, 2.05) is 12.1 Å². The number of nitrogens with zero attached hydrogens (tertiary/aromatic N) is 1. The van der Waals surface area contributed by atoms with Gasteiger partial charge in [-0.25, -0.2) is 0 Å². The smallest absolute Gasteiger partial charge is 0.220 e. The second-order valence-electron chi connectivity index (χ2n) is 7.22. The molecule has 0 saturated carbocycles. The molecule has 0 aromatic heterocycles. The van der Waals surface area contributed by atoms with E-state index in [4.69, 9.17) is 18.9 Å². The van der Waals surface area contributed by atoms with Crippen molar-refractivity contribution in [2.45, 2.75) is 18.9 Å². The Hall–Kier alpha value is -2.38. The van der Waals surface area contributed by atoms with E-state index in [0.29, 0.717) is 23.0 Å². The first-order valence-corrected chi connectivity index (χ1v) is 10.5. The first-order valence-electron chi connectivity index (χ1n) is 9.86. The summed E-state index contributed by atoms with van der Waals surface area (Å²) in [6, 6.07) is 7.41. The van der Waals surface area contributed by atoms with Gasteiger partial charge in [0.1, 0.15) is 0 Å². The third-order valence-corrected chi connectivity index (χ3v) is 5.87. The maximum Gasteiger partial charge on any atom is 0.220 e. The molecule has 2 aromatic carbocycles. The van der Waals surface area contributed by atoms with Gasteiger partial charge in [0.2, 0.25) is 11.2 Å². The van der Waals surface area contributed by atoms with Crippen LogP contribution in [0.1, 0.15) is 23.6 Å². The zero-order valence-corrected chi connectivity index (χ0v) is 19.0. The SMILES string of the molecule is COc1cc2c(c(OC)c1OC)-c1ccc(OC)c(=O)cc1C(N(C)CCS)CC2. The molecule has 0 amide bonds. The van der Waals surface area contributed by atoms with E-state index in [9.17, 15) is 4.79 Å². The Morgan fingerprint density at radius 3 is 2.30 bits per heavy atom. The Bertz CT molecular complexity index is 979. The molecular weight excluding hydrogens is 402 g/mol. The minimum Gasteiger partial charge on any atom is -0.493 e. The summed E-state index contributed by atoms with van der Waals surface area (Å²) < 4.78 is 22.3. The van der Waals surface area contributed by atoms with E-state index >= 15 is 0 Å². The van der Waals surface area contributed by atoms with Crippen molar-refractivity contribution in [1.82, 2.24) is 4.90 Å². The number of thiol groups is 1. The predicted molar refractivity (Wildman–Crippen MR) is 122 cm³/mol. The summed E-state index contributed by atoms with van der Waals surface area (Å²) >= 11 is 4.40. The van der Waals surface area contributed by atoms with Crippen LogP contribution in [0.4, 0.5) is 0 Å². The highest BCUT2D eigenvalue weighted by Crippen LogP contribution is 2.50. The standard InChI is InChI=1S/C23H29NO5S/c1-24(10-11-30)17-8-6-14-12-20(27-3)22(28-4)23(29-5)21(14)15-7-9-19(26-2)18(25)13-16(15)17/h7,9,12-13,17,30H,6,8,10-11H2,1-5H3. The molecule has 6 nitrogen and oxygen atoms in total. The van der Waals surface area contributed by atoms with Crippen molar-refractivity contribution >= 4 is 12.6 Å². The van der Waals surface area contributed by atoms with Gasteiger partial charge in [-0.1, -0.05) is 6.07 Å². The molecule has 162 valence electrons. The van der Waals surface area contributed by atoms with Gasteiger partial charge in [0, 0.05) is 23.9 Å². The molecule has 0 fully saturated rings. The molecule has 0 saturated heterocycles. The Morgan fingerprint density at radius 2 is 1.70 bits per heavy atom. The zero-order valence-electron chi connectivity index (χ0n) is 18.2. The Morgan fingerprint density at radius 1 is 1.00 bits per heavy atom. The molecule has 2 aromatic rings. The van der Waals surface area contributed by atoms with Crippen LogP contribution in [-0.4, -0.2) is 52.7 Å². The van der Waals surface area contributed by atoms with Crippen molar-refractivity contribution < 1.29 is 18.9 Å². The third kappa shape index (κ3) is 3.96. The monoisotopic (exact) mass is 431 g/mol. The van der Waals surface area contributed by atoms with Gasteiger partial charge >= 0.3 is 0 Å². The second kappa shape index (κ2) is 9.62. The number of hydrogen-bond acceptors (Lipinski definition) is 7. The fourth-order valence-electron chi connectivity index (χ4n) is 4.22. The third-order valence-electron chi connectivity index (χ3n) is 5.67. The molecule has 0 bridgehead atoms. The van der Waals surface area contributed by atoms with Gasteiger partial charge in [0.05, 0.1) is 28.4 Å². The second-order valence-corrected chi connectivity index (χ2v) is 7.66. The lowest BCUT2D eigenvalue weighted by Crippen LogP contribution is -2.27. The molecule has 1 unspecified atom stereocenters. The van der Waals surface area contributed by atoms with Crippen molar-refractivity contribution in [3.63, 3.8) is 0 Å². The number of methoxy groups -OCH3 is 4. The van der Waals surface area contributed by atoms with Crippen molar-refractivity contribution in [3.8, 4) is 34.1 Å². The minimum atomic E-state index is -0.147. The fourth-order valence-corrected chi connectivity index (χ4v) is 4.53. The molecule has 1 atom stereocenters. The van der Waals surface area contributed by atoms with Gasteiger partial charge in [0.15, 0.2) is 17.2 Å². The topological polar surface area (TPSA) is 57.2 Å². The predicted octanol–water partition coefficient (Wildman–Crippen LogP) is 3.60. The molecule has 1 aliphatic rings. The summed E-state index contributed by atoms with van der Waals surface area (Å²) in [4.78, 5) is 15.1. The Balaban J connectivity index is 2.40. The molecular formula is C23H29NO5S. The van der Waals surface area contributed by atoms with Crippen LogP contribution in [0, 0.1) is 0 Å². The fraction of sp³-hybridized carbons (Fsp3) is 0.435. The largest absolute Gasteiger partial charge is 0.493 e. The highest BCUT2D eigenvalue weighted by Gasteiger charge is 2.30. The van der Waals surface area contributed by atoms with Crippen LogP contribution in [0.3, 0.4) is 0 Å². The molecule has 3 rings (SSSR count). The van der Waals surface area contributed by atoms with Crippen molar-refractivity contribution in [2.75, 3.05) is 47.8 Å². The normalized spacial score (nSPS) is 15.1.